The maximum atomic E-state index is 12.5. The second-order valence-corrected chi connectivity index (χ2v) is 8.62. The Morgan fingerprint density at radius 1 is 1.38 bits per heavy atom. The molecule has 1 aromatic carbocycles. The van der Waals surface area contributed by atoms with Gasteiger partial charge < -0.3 is 20.1 Å². The fourth-order valence-corrected chi connectivity index (χ4v) is 3.47. The van der Waals surface area contributed by atoms with Gasteiger partial charge in [-0.25, -0.2) is 14.5 Å². The van der Waals surface area contributed by atoms with Crippen molar-refractivity contribution in [2.75, 3.05) is 33.1 Å². The Morgan fingerprint density at radius 2 is 2.18 bits per heavy atom. The SMILES string of the molecule is COC(=O)c1nn(-c2cccc(C#C[C@@](O)(C=O)CCN(C)C)c2)c2ccnc(NC3CC3)c12. The Bertz CT molecular complexity index is 1290. The molecule has 0 unspecified atom stereocenters. The number of benzene rings is 1. The summed E-state index contributed by atoms with van der Waals surface area (Å²) in [7, 11) is 5.04. The highest BCUT2D eigenvalue weighted by Gasteiger charge is 2.27. The molecule has 9 heteroatoms. The third-order valence-electron chi connectivity index (χ3n) is 5.54. The van der Waals surface area contributed by atoms with E-state index in [9.17, 15) is 14.7 Å². The molecule has 34 heavy (non-hydrogen) atoms. The highest BCUT2D eigenvalue weighted by Crippen LogP contribution is 2.32. The van der Waals surface area contributed by atoms with Gasteiger partial charge in [0.1, 0.15) is 5.82 Å². The summed E-state index contributed by atoms with van der Waals surface area (Å²) in [6, 6.07) is 9.33. The number of hydrogen-bond acceptors (Lipinski definition) is 8. The summed E-state index contributed by atoms with van der Waals surface area (Å²) in [6.45, 7) is 0.519. The number of carbonyl (C=O) groups is 2. The minimum Gasteiger partial charge on any atom is -0.464 e. The average molecular weight is 462 g/mol. The van der Waals surface area contributed by atoms with E-state index in [0.29, 0.717) is 46.8 Å². The molecule has 2 heterocycles. The summed E-state index contributed by atoms with van der Waals surface area (Å²) >= 11 is 0. The summed E-state index contributed by atoms with van der Waals surface area (Å²) in [6.07, 6.45) is 4.46. The number of pyridine rings is 1. The van der Waals surface area contributed by atoms with Crippen LogP contribution < -0.4 is 5.32 Å². The van der Waals surface area contributed by atoms with Crippen molar-refractivity contribution in [3.63, 3.8) is 0 Å². The first-order valence-corrected chi connectivity index (χ1v) is 11.0. The first-order chi connectivity index (χ1) is 16.3. The van der Waals surface area contributed by atoms with Gasteiger partial charge in [-0.05, 0) is 51.2 Å². The Morgan fingerprint density at radius 3 is 2.85 bits per heavy atom. The Hall–Kier alpha value is -3.74. The van der Waals surface area contributed by atoms with E-state index in [1.807, 2.05) is 25.1 Å². The van der Waals surface area contributed by atoms with E-state index in [1.165, 1.54) is 7.11 Å². The van der Waals surface area contributed by atoms with Crippen LogP contribution in [0.5, 0.6) is 0 Å². The standard InChI is InChI=1S/C25H27N5O4/c1-29(2)14-12-25(33,16-31)11-9-17-5-4-6-19(15-17)30-20-10-13-26-23(27-18-7-8-18)21(20)22(28-30)24(32)34-3/h4-6,10,13,15-16,18,33H,7-8,12,14H2,1-3H3,(H,26,27)/t25-/m0/s1. The normalized spacial score (nSPS) is 14.9. The number of aldehydes is 1. The van der Waals surface area contributed by atoms with Gasteiger partial charge in [0, 0.05) is 30.8 Å². The highest BCUT2D eigenvalue weighted by molar-refractivity contribution is 6.07. The van der Waals surface area contributed by atoms with E-state index in [0.717, 1.165) is 12.8 Å². The topological polar surface area (TPSA) is 110 Å². The largest absolute Gasteiger partial charge is 0.464 e. The van der Waals surface area contributed by atoms with Gasteiger partial charge in [-0.3, -0.25) is 4.79 Å². The Balaban J connectivity index is 1.74. The van der Waals surface area contributed by atoms with Crippen LogP contribution >= 0.6 is 0 Å². The van der Waals surface area contributed by atoms with Crippen LogP contribution in [0, 0.1) is 11.8 Å². The molecule has 0 amide bonds. The van der Waals surface area contributed by atoms with Gasteiger partial charge in [-0.1, -0.05) is 17.9 Å². The first-order valence-electron chi connectivity index (χ1n) is 11.0. The van der Waals surface area contributed by atoms with Crippen LogP contribution in [0.25, 0.3) is 16.6 Å². The van der Waals surface area contributed by atoms with Gasteiger partial charge in [-0.2, -0.15) is 5.10 Å². The zero-order valence-electron chi connectivity index (χ0n) is 19.4. The van der Waals surface area contributed by atoms with Gasteiger partial charge in [0.25, 0.3) is 0 Å². The van der Waals surface area contributed by atoms with Crippen LogP contribution in [-0.2, 0) is 9.53 Å². The zero-order valence-corrected chi connectivity index (χ0v) is 19.4. The second kappa shape index (κ2) is 9.63. The number of aliphatic hydroxyl groups is 1. The number of carbonyl (C=O) groups excluding carboxylic acids is 2. The second-order valence-electron chi connectivity index (χ2n) is 8.62. The predicted molar refractivity (Wildman–Crippen MR) is 128 cm³/mol. The minimum absolute atomic E-state index is 0.171. The molecule has 0 aliphatic heterocycles. The minimum atomic E-state index is -1.73. The van der Waals surface area contributed by atoms with E-state index in [4.69, 9.17) is 4.74 Å². The van der Waals surface area contributed by atoms with Crippen molar-refractivity contribution in [2.45, 2.75) is 30.9 Å². The van der Waals surface area contributed by atoms with E-state index in [-0.39, 0.29) is 12.1 Å². The predicted octanol–water partition coefficient (Wildman–Crippen LogP) is 2.01. The van der Waals surface area contributed by atoms with Crippen molar-refractivity contribution < 1.29 is 19.4 Å². The molecule has 1 aliphatic rings. The summed E-state index contributed by atoms with van der Waals surface area (Å²) in [4.78, 5) is 30.3. The summed E-state index contributed by atoms with van der Waals surface area (Å²) < 4.78 is 6.61. The van der Waals surface area contributed by atoms with E-state index < -0.39 is 11.6 Å². The quantitative estimate of drug-likeness (QED) is 0.298. The molecule has 0 radical (unpaired) electrons. The third-order valence-corrected chi connectivity index (χ3v) is 5.54. The molecule has 0 saturated heterocycles. The van der Waals surface area contributed by atoms with Crippen LogP contribution in [-0.4, -0.2) is 76.4 Å². The number of hydrogen-bond donors (Lipinski definition) is 2. The lowest BCUT2D eigenvalue weighted by Crippen LogP contribution is -2.33. The molecule has 0 spiro atoms. The summed E-state index contributed by atoms with van der Waals surface area (Å²) in [5.74, 6) is 5.63. The number of nitrogens with zero attached hydrogens (tertiary/aromatic N) is 4. The van der Waals surface area contributed by atoms with Crippen molar-refractivity contribution in [1.29, 1.82) is 0 Å². The molecule has 2 N–H and O–H groups in total. The van der Waals surface area contributed by atoms with E-state index in [1.54, 1.807) is 35.1 Å². The van der Waals surface area contributed by atoms with Crippen LogP contribution in [0.1, 0.15) is 35.3 Å². The molecule has 1 fully saturated rings. The van der Waals surface area contributed by atoms with Gasteiger partial charge in [0.15, 0.2) is 17.6 Å². The van der Waals surface area contributed by atoms with Crippen molar-refractivity contribution >= 4 is 29.0 Å². The Labute approximate surface area is 197 Å². The Kier molecular flexibility index (Phi) is 6.63. The number of rotatable bonds is 8. The van der Waals surface area contributed by atoms with Crippen molar-refractivity contribution in [3.8, 4) is 17.5 Å². The number of aromatic nitrogens is 3. The number of ether oxygens (including phenoxy) is 1. The fourth-order valence-electron chi connectivity index (χ4n) is 3.47. The van der Waals surface area contributed by atoms with Crippen LogP contribution in [0.2, 0.25) is 0 Å². The molecule has 3 aromatic rings. The molecule has 1 atom stereocenters. The van der Waals surface area contributed by atoms with Crippen molar-refractivity contribution in [1.82, 2.24) is 19.7 Å². The maximum Gasteiger partial charge on any atom is 0.359 e. The molecular formula is C25H27N5O4. The number of anilines is 1. The molecule has 0 bridgehead atoms. The molecule has 2 aromatic heterocycles. The number of esters is 1. The van der Waals surface area contributed by atoms with Crippen molar-refractivity contribution in [3.05, 3.63) is 47.8 Å². The van der Waals surface area contributed by atoms with Gasteiger partial charge in [0.2, 0.25) is 0 Å². The lowest BCUT2D eigenvalue weighted by atomic mass is 10.0. The average Bonchev–Trinajstić information content (AvgIpc) is 3.58. The van der Waals surface area contributed by atoms with Crippen LogP contribution in [0.15, 0.2) is 36.5 Å². The molecule has 1 saturated carbocycles. The summed E-state index contributed by atoms with van der Waals surface area (Å²) in [5, 5.41) is 19.0. The first kappa shape index (κ1) is 23.4. The smallest absolute Gasteiger partial charge is 0.359 e. The van der Waals surface area contributed by atoms with Crippen LogP contribution in [0.3, 0.4) is 0 Å². The van der Waals surface area contributed by atoms with Gasteiger partial charge >= 0.3 is 5.97 Å². The monoisotopic (exact) mass is 461 g/mol. The maximum absolute atomic E-state index is 12.5. The zero-order chi connectivity index (χ0) is 24.3. The molecular weight excluding hydrogens is 434 g/mol. The molecule has 1 aliphatic carbocycles. The lowest BCUT2D eigenvalue weighted by Gasteiger charge is -2.17. The highest BCUT2D eigenvalue weighted by atomic mass is 16.5. The number of nitrogens with one attached hydrogen (secondary N) is 1. The van der Waals surface area contributed by atoms with Gasteiger partial charge in [-0.15, -0.1) is 0 Å². The lowest BCUT2D eigenvalue weighted by molar-refractivity contribution is -0.119. The molecule has 4 rings (SSSR count). The van der Waals surface area contributed by atoms with Crippen LogP contribution in [0.4, 0.5) is 5.82 Å². The van der Waals surface area contributed by atoms with E-state index >= 15 is 0 Å². The molecule has 9 nitrogen and oxygen atoms in total. The van der Waals surface area contributed by atoms with Gasteiger partial charge in [0.05, 0.1) is 23.7 Å². The fraction of sp³-hybridized carbons (Fsp3) is 0.360. The third kappa shape index (κ3) is 5.09. The van der Waals surface area contributed by atoms with Crippen molar-refractivity contribution in [2.24, 2.45) is 0 Å². The molecule has 176 valence electrons. The number of methoxy groups -OCH3 is 1. The summed E-state index contributed by atoms with van der Waals surface area (Å²) in [5.41, 5.74) is 0.393. The van der Waals surface area contributed by atoms with E-state index in [2.05, 4.69) is 27.2 Å². The number of fused-ring (bicyclic) bond motifs is 1.